The van der Waals surface area contributed by atoms with Crippen molar-refractivity contribution in [1.29, 1.82) is 0 Å². The maximum absolute atomic E-state index is 11.6. The molecule has 1 saturated heterocycles. The van der Waals surface area contributed by atoms with E-state index < -0.39 is 0 Å². The van der Waals surface area contributed by atoms with Crippen LogP contribution in [0.1, 0.15) is 48.1 Å². The highest BCUT2D eigenvalue weighted by atomic mass is 32.1. The Kier molecular flexibility index (Phi) is 5.01. The molecular weight excluding hydrogens is 338 g/mol. The number of morpholine rings is 1. The molecule has 2 aromatic rings. The number of hydrogen-bond donors (Lipinski definition) is 1. The lowest BCUT2D eigenvalue weighted by molar-refractivity contribution is 0.0391. The summed E-state index contributed by atoms with van der Waals surface area (Å²) in [5, 5.41) is 13.8. The molecule has 3 rings (SSSR count). The summed E-state index contributed by atoms with van der Waals surface area (Å²) in [6.45, 7) is 8.48. The SMILES string of the molecule is CNC(=O)c1ccc(N2CCOC(c3nc(C(C)(C)C)cs3)C2)nn1. The van der Waals surface area contributed by atoms with Crippen LogP contribution < -0.4 is 10.2 Å². The van der Waals surface area contributed by atoms with Gasteiger partial charge in [-0.1, -0.05) is 20.8 Å². The number of nitrogens with one attached hydrogen (secondary N) is 1. The fraction of sp³-hybridized carbons (Fsp3) is 0.529. The van der Waals surface area contributed by atoms with Gasteiger partial charge in [-0.3, -0.25) is 4.79 Å². The molecule has 1 unspecified atom stereocenters. The van der Waals surface area contributed by atoms with Gasteiger partial charge in [0.05, 0.1) is 18.8 Å². The van der Waals surface area contributed by atoms with Gasteiger partial charge in [0.25, 0.3) is 5.91 Å². The molecule has 7 nitrogen and oxygen atoms in total. The molecule has 3 heterocycles. The van der Waals surface area contributed by atoms with Crippen LogP contribution in [0.15, 0.2) is 17.5 Å². The van der Waals surface area contributed by atoms with Crippen LogP contribution in [0.25, 0.3) is 0 Å². The first kappa shape index (κ1) is 17.8. The van der Waals surface area contributed by atoms with E-state index in [1.165, 1.54) is 0 Å². The number of rotatable bonds is 3. The number of hydrogen-bond acceptors (Lipinski definition) is 7. The smallest absolute Gasteiger partial charge is 0.271 e. The minimum Gasteiger partial charge on any atom is -0.367 e. The molecule has 1 amide bonds. The van der Waals surface area contributed by atoms with E-state index in [0.29, 0.717) is 18.8 Å². The minimum absolute atomic E-state index is 0.0320. The lowest BCUT2D eigenvalue weighted by atomic mass is 9.93. The van der Waals surface area contributed by atoms with E-state index in [-0.39, 0.29) is 17.4 Å². The molecule has 1 aliphatic rings. The van der Waals surface area contributed by atoms with E-state index in [2.05, 4.69) is 46.6 Å². The van der Waals surface area contributed by atoms with Gasteiger partial charge in [0.1, 0.15) is 11.1 Å². The maximum atomic E-state index is 11.6. The lowest BCUT2D eigenvalue weighted by Crippen LogP contribution is -2.39. The molecule has 0 aromatic carbocycles. The zero-order valence-corrected chi connectivity index (χ0v) is 15.8. The molecule has 1 N–H and O–H groups in total. The standard InChI is InChI=1S/C17H23N5O2S/c1-17(2,3)13-10-25-16(19-13)12-9-22(7-8-24-12)14-6-5-11(20-21-14)15(23)18-4/h5-6,10,12H,7-9H2,1-4H3,(H,18,23). The molecular formula is C17H23N5O2S. The summed E-state index contributed by atoms with van der Waals surface area (Å²) in [6, 6.07) is 3.51. The van der Waals surface area contributed by atoms with Gasteiger partial charge in [-0.25, -0.2) is 4.98 Å². The fourth-order valence-electron chi connectivity index (χ4n) is 2.53. The van der Waals surface area contributed by atoms with Gasteiger partial charge in [0, 0.05) is 24.4 Å². The summed E-state index contributed by atoms with van der Waals surface area (Å²) in [4.78, 5) is 18.4. The fourth-order valence-corrected chi connectivity index (χ4v) is 3.61. The zero-order valence-electron chi connectivity index (χ0n) is 14.9. The molecule has 1 aliphatic heterocycles. The monoisotopic (exact) mass is 361 g/mol. The first-order chi connectivity index (χ1) is 11.9. The minimum atomic E-state index is -0.239. The van der Waals surface area contributed by atoms with Crippen LogP contribution in [0, 0.1) is 0 Å². The van der Waals surface area contributed by atoms with Crippen molar-refractivity contribution in [2.75, 3.05) is 31.6 Å². The van der Waals surface area contributed by atoms with Crippen LogP contribution in [0.2, 0.25) is 0 Å². The number of amides is 1. The second-order valence-corrected chi connectivity index (χ2v) is 7.87. The van der Waals surface area contributed by atoms with Gasteiger partial charge < -0.3 is 15.0 Å². The van der Waals surface area contributed by atoms with E-state index in [4.69, 9.17) is 9.72 Å². The summed E-state index contributed by atoms with van der Waals surface area (Å²) in [5.74, 6) is 0.505. The highest BCUT2D eigenvalue weighted by Crippen LogP contribution is 2.31. The van der Waals surface area contributed by atoms with Crippen LogP contribution in [-0.4, -0.2) is 47.8 Å². The summed E-state index contributed by atoms with van der Waals surface area (Å²) in [7, 11) is 1.57. The average molecular weight is 361 g/mol. The van der Waals surface area contributed by atoms with Crippen molar-refractivity contribution in [1.82, 2.24) is 20.5 Å². The Labute approximate surface area is 151 Å². The third-order valence-corrected chi connectivity index (χ3v) is 5.00. The van der Waals surface area contributed by atoms with Gasteiger partial charge >= 0.3 is 0 Å². The molecule has 25 heavy (non-hydrogen) atoms. The van der Waals surface area contributed by atoms with E-state index in [0.717, 1.165) is 23.1 Å². The number of carbonyl (C=O) groups is 1. The summed E-state index contributed by atoms with van der Waals surface area (Å²) in [5.41, 5.74) is 1.43. The van der Waals surface area contributed by atoms with Crippen LogP contribution in [0.3, 0.4) is 0 Å². The number of carbonyl (C=O) groups excluding carboxylic acids is 1. The summed E-state index contributed by atoms with van der Waals surface area (Å²) >= 11 is 1.64. The Balaban J connectivity index is 1.73. The van der Waals surface area contributed by atoms with Gasteiger partial charge in [0.15, 0.2) is 11.5 Å². The van der Waals surface area contributed by atoms with Crippen LogP contribution in [0.4, 0.5) is 5.82 Å². The molecule has 134 valence electrons. The molecule has 1 fully saturated rings. The number of ether oxygens (including phenoxy) is 1. The molecule has 1 atom stereocenters. The van der Waals surface area contributed by atoms with Crippen molar-refractivity contribution in [3.63, 3.8) is 0 Å². The van der Waals surface area contributed by atoms with Crippen LogP contribution in [-0.2, 0) is 10.2 Å². The maximum Gasteiger partial charge on any atom is 0.271 e. The number of thiazole rings is 1. The summed E-state index contributed by atoms with van der Waals surface area (Å²) in [6.07, 6.45) is -0.0738. The molecule has 0 bridgehead atoms. The first-order valence-corrected chi connectivity index (χ1v) is 9.14. The van der Waals surface area contributed by atoms with Crippen molar-refractivity contribution in [2.45, 2.75) is 32.3 Å². The van der Waals surface area contributed by atoms with E-state index in [9.17, 15) is 4.79 Å². The normalized spacial score (nSPS) is 18.2. The van der Waals surface area contributed by atoms with Crippen LogP contribution in [0.5, 0.6) is 0 Å². The van der Waals surface area contributed by atoms with Crippen LogP contribution >= 0.6 is 11.3 Å². The molecule has 0 spiro atoms. The topological polar surface area (TPSA) is 80.2 Å². The third kappa shape index (κ3) is 3.96. The van der Waals surface area contributed by atoms with Gasteiger partial charge in [0.2, 0.25) is 0 Å². The Morgan fingerprint density at radius 1 is 1.36 bits per heavy atom. The molecule has 0 radical (unpaired) electrons. The van der Waals surface area contributed by atoms with Gasteiger partial charge in [-0.2, -0.15) is 0 Å². The summed E-state index contributed by atoms with van der Waals surface area (Å²) < 4.78 is 5.92. The molecule has 2 aromatic heterocycles. The Bertz CT molecular complexity index is 738. The number of aromatic nitrogens is 3. The van der Waals surface area contributed by atoms with Gasteiger partial charge in [-0.15, -0.1) is 21.5 Å². The average Bonchev–Trinajstić information content (AvgIpc) is 3.12. The highest BCUT2D eigenvalue weighted by molar-refractivity contribution is 7.09. The third-order valence-electron chi connectivity index (χ3n) is 4.07. The number of anilines is 1. The predicted molar refractivity (Wildman–Crippen MR) is 97.1 cm³/mol. The van der Waals surface area contributed by atoms with Crippen molar-refractivity contribution in [3.05, 3.63) is 33.9 Å². The Hall–Kier alpha value is -2.06. The van der Waals surface area contributed by atoms with Crippen molar-refractivity contribution in [3.8, 4) is 0 Å². The molecule has 8 heteroatoms. The Morgan fingerprint density at radius 3 is 2.76 bits per heavy atom. The van der Waals surface area contributed by atoms with Crippen molar-refractivity contribution in [2.24, 2.45) is 0 Å². The Morgan fingerprint density at radius 2 is 2.16 bits per heavy atom. The highest BCUT2D eigenvalue weighted by Gasteiger charge is 2.27. The molecule has 0 aliphatic carbocycles. The van der Waals surface area contributed by atoms with E-state index in [1.54, 1.807) is 24.5 Å². The van der Waals surface area contributed by atoms with E-state index in [1.807, 2.05) is 6.07 Å². The van der Waals surface area contributed by atoms with Gasteiger partial charge in [-0.05, 0) is 12.1 Å². The van der Waals surface area contributed by atoms with Crippen molar-refractivity contribution < 1.29 is 9.53 Å². The quantitative estimate of drug-likeness (QED) is 0.902. The lowest BCUT2D eigenvalue weighted by Gasteiger charge is -2.32. The largest absolute Gasteiger partial charge is 0.367 e. The second kappa shape index (κ2) is 7.05. The molecule has 0 saturated carbocycles. The van der Waals surface area contributed by atoms with Crippen molar-refractivity contribution >= 4 is 23.1 Å². The second-order valence-electron chi connectivity index (χ2n) is 6.98. The van der Waals surface area contributed by atoms with E-state index >= 15 is 0 Å². The number of nitrogens with zero attached hydrogens (tertiary/aromatic N) is 4. The predicted octanol–water partition coefficient (Wildman–Crippen LogP) is 2.17. The zero-order chi connectivity index (χ0) is 18.0. The first-order valence-electron chi connectivity index (χ1n) is 8.27.